The van der Waals surface area contributed by atoms with Gasteiger partial charge >= 0.3 is 0 Å². The zero-order valence-electron chi connectivity index (χ0n) is 15.4. The van der Waals surface area contributed by atoms with E-state index in [2.05, 4.69) is 44.7 Å². The maximum Gasteiger partial charge on any atom is 0.254 e. The highest BCUT2D eigenvalue weighted by Gasteiger charge is 2.22. The molecule has 7 heteroatoms. The Morgan fingerprint density at radius 3 is 2.85 bits per heavy atom. The molecule has 7 nitrogen and oxygen atoms in total. The van der Waals surface area contributed by atoms with E-state index in [4.69, 9.17) is 4.74 Å². The molecule has 1 aliphatic heterocycles. The van der Waals surface area contributed by atoms with E-state index in [9.17, 15) is 4.79 Å². The summed E-state index contributed by atoms with van der Waals surface area (Å²) in [6, 6.07) is 6.06. The van der Waals surface area contributed by atoms with Crippen LogP contribution < -0.4 is 10.3 Å². The third-order valence-electron chi connectivity index (χ3n) is 4.94. The fourth-order valence-corrected chi connectivity index (χ4v) is 3.20. The third-order valence-corrected chi connectivity index (χ3v) is 4.94. The number of hydrogen-bond acceptors (Lipinski definition) is 6. The van der Waals surface area contributed by atoms with Crippen molar-refractivity contribution in [2.75, 3.05) is 13.3 Å². The summed E-state index contributed by atoms with van der Waals surface area (Å²) in [7, 11) is 0. The second kappa shape index (κ2) is 7.28. The summed E-state index contributed by atoms with van der Waals surface area (Å²) in [6.45, 7) is 5.93. The second-order valence-corrected chi connectivity index (χ2v) is 6.74. The monoisotopic (exact) mass is 363 g/mol. The van der Waals surface area contributed by atoms with Crippen molar-refractivity contribution >= 4 is 0 Å². The third kappa shape index (κ3) is 3.59. The molecule has 27 heavy (non-hydrogen) atoms. The minimum absolute atomic E-state index is 0.0889. The zero-order valence-corrected chi connectivity index (χ0v) is 15.4. The van der Waals surface area contributed by atoms with Gasteiger partial charge < -0.3 is 9.72 Å². The van der Waals surface area contributed by atoms with Gasteiger partial charge in [0.1, 0.15) is 24.6 Å². The largest absolute Gasteiger partial charge is 0.478 e. The Kier molecular flexibility index (Phi) is 4.68. The van der Waals surface area contributed by atoms with Crippen molar-refractivity contribution in [3.05, 3.63) is 69.7 Å². The van der Waals surface area contributed by atoms with Crippen LogP contribution in [0.3, 0.4) is 0 Å². The molecule has 3 aromatic rings. The quantitative estimate of drug-likeness (QED) is 0.765. The molecule has 1 N–H and O–H groups in total. The van der Waals surface area contributed by atoms with E-state index in [-0.39, 0.29) is 5.56 Å². The van der Waals surface area contributed by atoms with Crippen LogP contribution in [0.4, 0.5) is 0 Å². The van der Waals surface area contributed by atoms with Crippen LogP contribution in [0, 0.1) is 13.8 Å². The van der Waals surface area contributed by atoms with Crippen LogP contribution in [0.15, 0.2) is 41.7 Å². The Morgan fingerprint density at radius 2 is 2.04 bits per heavy atom. The number of aryl methyl sites for hydroxylation is 1. The number of ether oxygens (including phenoxy) is 1. The van der Waals surface area contributed by atoms with E-state index in [0.29, 0.717) is 31.1 Å². The summed E-state index contributed by atoms with van der Waals surface area (Å²) >= 11 is 0. The van der Waals surface area contributed by atoms with Crippen LogP contribution in [0.2, 0.25) is 0 Å². The number of aromatic nitrogens is 4. The minimum Gasteiger partial charge on any atom is -0.478 e. The van der Waals surface area contributed by atoms with E-state index in [1.54, 1.807) is 12.4 Å². The predicted octanol–water partition coefficient (Wildman–Crippen LogP) is 2.24. The van der Waals surface area contributed by atoms with Gasteiger partial charge in [0.25, 0.3) is 5.56 Å². The highest BCUT2D eigenvalue weighted by molar-refractivity contribution is 5.52. The molecule has 0 saturated heterocycles. The topological polar surface area (TPSA) is 84.0 Å². The maximum absolute atomic E-state index is 12.4. The molecular weight excluding hydrogens is 342 g/mol. The molecule has 0 radical (unpaired) electrons. The van der Waals surface area contributed by atoms with Crippen LogP contribution in [0.5, 0.6) is 5.75 Å². The number of benzene rings is 1. The van der Waals surface area contributed by atoms with Crippen molar-refractivity contribution in [3.63, 3.8) is 0 Å². The number of rotatable bonds is 4. The minimum atomic E-state index is -0.0889. The van der Waals surface area contributed by atoms with Gasteiger partial charge in [0.05, 0.1) is 11.3 Å². The fraction of sp³-hybridized carbons (Fsp3) is 0.300. The molecule has 0 spiro atoms. The first-order valence-corrected chi connectivity index (χ1v) is 8.90. The molecule has 138 valence electrons. The summed E-state index contributed by atoms with van der Waals surface area (Å²) in [5.41, 5.74) is 4.50. The van der Waals surface area contributed by atoms with E-state index >= 15 is 0 Å². The van der Waals surface area contributed by atoms with Gasteiger partial charge in [-0.15, -0.1) is 0 Å². The number of nitrogens with zero attached hydrogens (tertiary/aromatic N) is 4. The average Bonchev–Trinajstić information content (AvgIpc) is 2.69. The maximum atomic E-state index is 12.4. The van der Waals surface area contributed by atoms with E-state index in [0.717, 1.165) is 29.1 Å². The first kappa shape index (κ1) is 17.4. The van der Waals surface area contributed by atoms with Gasteiger partial charge in [0, 0.05) is 31.0 Å². The second-order valence-electron chi connectivity index (χ2n) is 6.74. The molecule has 1 aliphatic rings. The molecule has 3 heterocycles. The molecule has 0 bridgehead atoms. The summed E-state index contributed by atoms with van der Waals surface area (Å²) in [4.78, 5) is 30.1. The summed E-state index contributed by atoms with van der Waals surface area (Å²) < 4.78 is 6.01. The molecule has 4 rings (SSSR count). The van der Waals surface area contributed by atoms with Crippen molar-refractivity contribution in [1.29, 1.82) is 0 Å². The van der Waals surface area contributed by atoms with Crippen molar-refractivity contribution in [3.8, 4) is 17.1 Å². The lowest BCUT2D eigenvalue weighted by atomic mass is 10.1. The van der Waals surface area contributed by atoms with Crippen LogP contribution in [0.25, 0.3) is 11.4 Å². The van der Waals surface area contributed by atoms with Gasteiger partial charge in [-0.1, -0.05) is 12.1 Å². The lowest BCUT2D eigenvalue weighted by molar-refractivity contribution is 0.111. The lowest BCUT2D eigenvalue weighted by Gasteiger charge is -2.27. The molecule has 1 aromatic carbocycles. The Hall–Kier alpha value is -3.06. The zero-order chi connectivity index (χ0) is 18.8. The highest BCUT2D eigenvalue weighted by atomic mass is 16.5. The van der Waals surface area contributed by atoms with Gasteiger partial charge in [-0.3, -0.25) is 9.69 Å². The van der Waals surface area contributed by atoms with Crippen LogP contribution in [0.1, 0.15) is 22.4 Å². The Morgan fingerprint density at radius 1 is 1.22 bits per heavy atom. The van der Waals surface area contributed by atoms with Gasteiger partial charge in [-0.05, 0) is 37.5 Å². The smallest absolute Gasteiger partial charge is 0.254 e. The summed E-state index contributed by atoms with van der Waals surface area (Å²) in [5, 5.41) is 0. The van der Waals surface area contributed by atoms with Gasteiger partial charge in [0.15, 0.2) is 0 Å². The van der Waals surface area contributed by atoms with E-state index in [1.165, 1.54) is 11.9 Å². The fourth-order valence-electron chi connectivity index (χ4n) is 3.20. The molecule has 0 unspecified atom stereocenters. The van der Waals surface area contributed by atoms with Crippen LogP contribution in [-0.4, -0.2) is 38.1 Å². The summed E-state index contributed by atoms with van der Waals surface area (Å²) in [6.07, 6.45) is 5.38. The first-order chi connectivity index (χ1) is 13.1. The van der Waals surface area contributed by atoms with Crippen LogP contribution >= 0.6 is 0 Å². The van der Waals surface area contributed by atoms with E-state index < -0.39 is 0 Å². The van der Waals surface area contributed by atoms with Crippen LogP contribution in [-0.2, 0) is 13.0 Å². The molecule has 2 aromatic heterocycles. The first-order valence-electron chi connectivity index (χ1n) is 8.90. The number of hydrogen-bond donors (Lipinski definition) is 1. The molecule has 0 aliphatic carbocycles. The van der Waals surface area contributed by atoms with Crippen molar-refractivity contribution in [1.82, 2.24) is 24.8 Å². The SMILES string of the molecule is Cc1cccc(OCN2CCc3c(nc(-c4cncnc4)[nH]c3=O)C2)c1C. The van der Waals surface area contributed by atoms with Gasteiger partial charge in [-0.2, -0.15) is 0 Å². The molecule has 0 fully saturated rings. The molecule has 0 amide bonds. The summed E-state index contributed by atoms with van der Waals surface area (Å²) in [5.74, 6) is 1.39. The number of H-pyrrole nitrogens is 1. The van der Waals surface area contributed by atoms with Crippen molar-refractivity contribution in [2.45, 2.75) is 26.8 Å². The van der Waals surface area contributed by atoms with Crippen molar-refractivity contribution in [2.24, 2.45) is 0 Å². The number of nitrogens with one attached hydrogen (secondary N) is 1. The van der Waals surface area contributed by atoms with E-state index in [1.807, 2.05) is 12.1 Å². The predicted molar refractivity (Wildman–Crippen MR) is 101 cm³/mol. The lowest BCUT2D eigenvalue weighted by Crippen LogP contribution is -2.37. The Bertz CT molecular complexity index is 1020. The number of aromatic amines is 1. The molecule has 0 atom stereocenters. The molecule has 0 saturated carbocycles. The normalized spacial score (nSPS) is 14.0. The Labute approximate surface area is 157 Å². The van der Waals surface area contributed by atoms with Gasteiger partial charge in [-0.25, -0.2) is 15.0 Å². The number of fused-ring (bicyclic) bond motifs is 1. The highest BCUT2D eigenvalue weighted by Crippen LogP contribution is 2.22. The van der Waals surface area contributed by atoms with Gasteiger partial charge in [0.2, 0.25) is 0 Å². The van der Waals surface area contributed by atoms with Crippen molar-refractivity contribution < 1.29 is 4.74 Å². The average molecular weight is 363 g/mol. The Balaban J connectivity index is 1.53. The molecular formula is C20H21N5O2. The standard InChI is InChI=1S/C20H21N5O2/c1-13-4-3-5-18(14(13)2)27-12-25-7-6-16-17(10-25)23-19(24-20(16)26)15-8-21-11-22-9-15/h3-5,8-9,11H,6-7,10,12H2,1-2H3,(H,23,24,26).